The Kier molecular flexibility index (Phi) is 5.62. The van der Waals surface area contributed by atoms with Crippen molar-refractivity contribution in [3.8, 4) is 17.1 Å². The minimum absolute atomic E-state index is 0.00749. The van der Waals surface area contributed by atoms with Crippen LogP contribution in [0, 0.1) is 5.82 Å². The number of carbonyl (C=O) groups is 1. The number of nitrogens with zero attached hydrogens (tertiary/aromatic N) is 6. The summed E-state index contributed by atoms with van der Waals surface area (Å²) in [4.78, 5) is 31.7. The molecule has 2 fully saturated rings. The lowest BCUT2D eigenvalue weighted by Crippen LogP contribution is -2.49. The molecule has 1 aliphatic carbocycles. The maximum atomic E-state index is 15.3. The number of carbonyl (C=O) groups excluding carboxylic acids is 1. The molecule has 4 rings (SSSR count). The second kappa shape index (κ2) is 8.34. The fourth-order valence-corrected chi connectivity index (χ4v) is 3.42. The number of rotatable bonds is 5. The maximum Gasteiger partial charge on any atom is 0.256 e. The van der Waals surface area contributed by atoms with Crippen LogP contribution >= 0.6 is 0 Å². The van der Waals surface area contributed by atoms with E-state index in [0.717, 1.165) is 0 Å². The number of nitrogen functional groups attached to an aromatic ring is 1. The van der Waals surface area contributed by atoms with Gasteiger partial charge in [0.25, 0.3) is 5.88 Å². The van der Waals surface area contributed by atoms with Gasteiger partial charge < -0.3 is 25.0 Å². The minimum Gasteiger partial charge on any atom is -0.472 e. The van der Waals surface area contributed by atoms with E-state index in [1.54, 1.807) is 11.9 Å². The number of hydrogen-bond donors (Lipinski definition) is 1. The molecule has 30 heavy (non-hydrogen) atoms. The van der Waals surface area contributed by atoms with Crippen LogP contribution in [0.25, 0.3) is 11.3 Å². The van der Waals surface area contributed by atoms with Gasteiger partial charge in [-0.25, -0.2) is 15.0 Å². The summed E-state index contributed by atoms with van der Waals surface area (Å²) in [6.45, 7) is 3.79. The second-order valence-electron chi connectivity index (χ2n) is 7.42. The summed E-state index contributed by atoms with van der Waals surface area (Å²) < 4.78 is 26.5. The quantitative estimate of drug-likeness (QED) is 0.756. The SMILES string of the molecule is CC(=O)N(C)[C@H]1C[C@H](Oc2nc(N3CCOCC3)nc(-c3cnc(N)nc3)c2F)C1. The van der Waals surface area contributed by atoms with Crippen molar-refractivity contribution in [3.05, 3.63) is 18.2 Å². The highest BCUT2D eigenvalue weighted by atomic mass is 19.1. The van der Waals surface area contributed by atoms with E-state index in [9.17, 15) is 4.79 Å². The predicted molar refractivity (Wildman–Crippen MR) is 106 cm³/mol. The van der Waals surface area contributed by atoms with Gasteiger partial charge in [-0.1, -0.05) is 0 Å². The molecule has 2 aromatic rings. The van der Waals surface area contributed by atoms with E-state index in [4.69, 9.17) is 15.2 Å². The number of morpholine rings is 1. The summed E-state index contributed by atoms with van der Waals surface area (Å²) in [7, 11) is 1.75. The van der Waals surface area contributed by atoms with Gasteiger partial charge in [0.2, 0.25) is 23.6 Å². The molecular formula is C19H24FN7O3. The predicted octanol–water partition coefficient (Wildman–Crippen LogP) is 0.880. The first-order valence-electron chi connectivity index (χ1n) is 9.80. The highest BCUT2D eigenvalue weighted by Crippen LogP contribution is 2.33. The normalized spacial score (nSPS) is 21.1. The Morgan fingerprint density at radius 3 is 2.57 bits per heavy atom. The van der Waals surface area contributed by atoms with Crippen LogP contribution in [-0.2, 0) is 9.53 Å². The smallest absolute Gasteiger partial charge is 0.256 e. The van der Waals surface area contributed by atoms with E-state index >= 15 is 4.39 Å². The number of amides is 1. The molecule has 2 aromatic heterocycles. The monoisotopic (exact) mass is 417 g/mol. The van der Waals surface area contributed by atoms with Crippen molar-refractivity contribution in [3.63, 3.8) is 0 Å². The molecule has 1 saturated heterocycles. The molecule has 0 aromatic carbocycles. The summed E-state index contributed by atoms with van der Waals surface area (Å²) in [5.41, 5.74) is 5.98. The molecule has 1 saturated carbocycles. The number of anilines is 2. The third kappa shape index (κ3) is 4.11. The van der Waals surface area contributed by atoms with Crippen LogP contribution in [-0.4, -0.2) is 76.2 Å². The van der Waals surface area contributed by atoms with Gasteiger partial charge in [-0.15, -0.1) is 0 Å². The molecule has 1 aliphatic heterocycles. The zero-order valence-electron chi connectivity index (χ0n) is 16.9. The van der Waals surface area contributed by atoms with Gasteiger partial charge in [0, 0.05) is 63.9 Å². The molecule has 10 nitrogen and oxygen atoms in total. The first kappa shape index (κ1) is 20.2. The van der Waals surface area contributed by atoms with Gasteiger partial charge in [0.1, 0.15) is 11.8 Å². The Hall–Kier alpha value is -3.08. The van der Waals surface area contributed by atoms with Crippen LogP contribution in [0.3, 0.4) is 0 Å². The first-order chi connectivity index (χ1) is 14.4. The Morgan fingerprint density at radius 1 is 1.27 bits per heavy atom. The van der Waals surface area contributed by atoms with Crippen molar-refractivity contribution >= 4 is 17.8 Å². The average molecular weight is 417 g/mol. The average Bonchev–Trinajstić information content (AvgIpc) is 2.72. The summed E-state index contributed by atoms with van der Waals surface area (Å²) in [6, 6.07) is 0.0843. The van der Waals surface area contributed by atoms with Gasteiger partial charge in [0.15, 0.2) is 0 Å². The maximum absolute atomic E-state index is 15.3. The minimum atomic E-state index is -0.677. The van der Waals surface area contributed by atoms with Crippen LogP contribution in [0.2, 0.25) is 0 Å². The van der Waals surface area contributed by atoms with Crippen LogP contribution in [0.4, 0.5) is 16.3 Å². The second-order valence-corrected chi connectivity index (χ2v) is 7.42. The molecule has 0 bridgehead atoms. The molecule has 160 valence electrons. The van der Waals surface area contributed by atoms with Crippen LogP contribution < -0.4 is 15.4 Å². The lowest BCUT2D eigenvalue weighted by atomic mass is 9.88. The number of hydrogen-bond acceptors (Lipinski definition) is 9. The molecule has 0 spiro atoms. The Balaban J connectivity index is 1.61. The molecule has 1 amide bonds. The molecule has 0 atom stereocenters. The van der Waals surface area contributed by atoms with Crippen molar-refractivity contribution in [1.82, 2.24) is 24.8 Å². The number of halogens is 1. The van der Waals surface area contributed by atoms with Crippen LogP contribution in [0.1, 0.15) is 19.8 Å². The number of aromatic nitrogens is 4. The standard InChI is InChI=1S/C19H24FN7O3/c1-11(28)26(2)13-7-14(8-13)30-17-15(20)16(12-9-22-18(21)23-10-12)24-19(25-17)27-3-5-29-6-4-27/h9-10,13-14H,3-8H2,1-2H3,(H2,21,22,23)/t13-,14-. The Labute approximate surface area is 173 Å². The van der Waals surface area contributed by atoms with E-state index < -0.39 is 5.82 Å². The number of ether oxygens (including phenoxy) is 2. The lowest BCUT2D eigenvalue weighted by molar-refractivity contribution is -0.133. The van der Waals surface area contributed by atoms with Crippen molar-refractivity contribution in [1.29, 1.82) is 0 Å². The summed E-state index contributed by atoms with van der Waals surface area (Å²) in [5.74, 6) is -0.352. The molecular weight excluding hydrogens is 393 g/mol. The molecule has 2 N–H and O–H groups in total. The third-order valence-corrected chi connectivity index (χ3v) is 5.44. The fourth-order valence-electron chi connectivity index (χ4n) is 3.42. The van der Waals surface area contributed by atoms with E-state index in [1.165, 1.54) is 19.3 Å². The highest BCUT2D eigenvalue weighted by Gasteiger charge is 2.36. The van der Waals surface area contributed by atoms with Crippen molar-refractivity contribution in [2.75, 3.05) is 44.0 Å². The summed E-state index contributed by atoms with van der Waals surface area (Å²) >= 11 is 0. The first-order valence-corrected chi connectivity index (χ1v) is 9.80. The zero-order valence-corrected chi connectivity index (χ0v) is 16.9. The van der Waals surface area contributed by atoms with E-state index in [0.29, 0.717) is 50.7 Å². The van der Waals surface area contributed by atoms with Crippen molar-refractivity contribution in [2.24, 2.45) is 0 Å². The molecule has 2 aliphatic rings. The van der Waals surface area contributed by atoms with Gasteiger partial charge in [-0.2, -0.15) is 9.37 Å². The fraction of sp³-hybridized carbons (Fsp3) is 0.526. The van der Waals surface area contributed by atoms with E-state index in [-0.39, 0.29) is 35.6 Å². The van der Waals surface area contributed by atoms with Crippen LogP contribution in [0.15, 0.2) is 12.4 Å². The van der Waals surface area contributed by atoms with Gasteiger partial charge in [-0.05, 0) is 0 Å². The van der Waals surface area contributed by atoms with Gasteiger partial charge in [0.05, 0.1) is 13.2 Å². The molecule has 3 heterocycles. The molecule has 0 radical (unpaired) electrons. The van der Waals surface area contributed by atoms with Crippen LogP contribution in [0.5, 0.6) is 5.88 Å². The Morgan fingerprint density at radius 2 is 1.93 bits per heavy atom. The molecule has 0 unspecified atom stereocenters. The molecule has 11 heteroatoms. The van der Waals surface area contributed by atoms with Gasteiger partial charge in [-0.3, -0.25) is 4.79 Å². The largest absolute Gasteiger partial charge is 0.472 e. The van der Waals surface area contributed by atoms with E-state index in [1.807, 2.05) is 4.90 Å². The summed E-state index contributed by atoms with van der Waals surface area (Å²) in [5, 5.41) is 0. The summed E-state index contributed by atoms with van der Waals surface area (Å²) in [6.07, 6.45) is 3.84. The Bertz CT molecular complexity index is 915. The topological polar surface area (TPSA) is 120 Å². The highest BCUT2D eigenvalue weighted by molar-refractivity contribution is 5.73. The third-order valence-electron chi connectivity index (χ3n) is 5.44. The lowest BCUT2D eigenvalue weighted by Gasteiger charge is -2.40. The van der Waals surface area contributed by atoms with Crippen molar-refractivity contribution < 1.29 is 18.7 Å². The zero-order chi connectivity index (χ0) is 21.3. The van der Waals surface area contributed by atoms with E-state index in [2.05, 4.69) is 19.9 Å². The number of nitrogens with two attached hydrogens (primary N) is 1. The van der Waals surface area contributed by atoms with Gasteiger partial charge >= 0.3 is 0 Å². The van der Waals surface area contributed by atoms with Crippen molar-refractivity contribution in [2.45, 2.75) is 31.9 Å².